The van der Waals surface area contributed by atoms with Crippen molar-refractivity contribution >= 4 is 5.96 Å². The van der Waals surface area contributed by atoms with Crippen molar-refractivity contribution in [3.8, 4) is 11.5 Å². The van der Waals surface area contributed by atoms with E-state index in [1.54, 1.807) is 14.2 Å². The van der Waals surface area contributed by atoms with Crippen molar-refractivity contribution in [1.29, 1.82) is 0 Å². The summed E-state index contributed by atoms with van der Waals surface area (Å²) < 4.78 is 10.7. The zero-order valence-electron chi connectivity index (χ0n) is 16.8. The molecule has 0 aromatic heterocycles. The van der Waals surface area contributed by atoms with Gasteiger partial charge in [0.1, 0.15) is 11.5 Å². The second-order valence-corrected chi connectivity index (χ2v) is 7.20. The molecule has 1 saturated heterocycles. The minimum Gasteiger partial charge on any atom is -0.497 e. The smallest absolute Gasteiger partial charge is 0.191 e. The van der Waals surface area contributed by atoms with Gasteiger partial charge >= 0.3 is 0 Å². The van der Waals surface area contributed by atoms with Crippen LogP contribution in [0.1, 0.15) is 32.8 Å². The van der Waals surface area contributed by atoms with Gasteiger partial charge in [-0.15, -0.1) is 0 Å². The third-order valence-corrected chi connectivity index (χ3v) is 4.39. The quantitative estimate of drug-likeness (QED) is 0.550. The molecule has 1 aliphatic rings. The van der Waals surface area contributed by atoms with Gasteiger partial charge in [0.15, 0.2) is 5.96 Å². The van der Waals surface area contributed by atoms with Crippen LogP contribution < -0.4 is 20.1 Å². The highest BCUT2D eigenvalue weighted by atomic mass is 16.5. The lowest BCUT2D eigenvalue weighted by molar-refractivity contribution is 0.321. The van der Waals surface area contributed by atoms with Crippen LogP contribution in [0, 0.1) is 5.92 Å². The highest BCUT2D eigenvalue weighted by Gasteiger charge is 2.23. The van der Waals surface area contributed by atoms with Crippen molar-refractivity contribution in [3.05, 3.63) is 23.8 Å². The van der Waals surface area contributed by atoms with Crippen LogP contribution in [0.25, 0.3) is 0 Å². The van der Waals surface area contributed by atoms with Crippen LogP contribution in [0.15, 0.2) is 23.2 Å². The van der Waals surface area contributed by atoms with Gasteiger partial charge in [-0.2, -0.15) is 0 Å². The third-order valence-electron chi connectivity index (χ3n) is 4.39. The Balaban J connectivity index is 1.92. The number of nitrogens with zero attached hydrogens (tertiary/aromatic N) is 2. The van der Waals surface area contributed by atoms with Crippen LogP contribution in [-0.4, -0.2) is 57.3 Å². The summed E-state index contributed by atoms with van der Waals surface area (Å²) in [6.45, 7) is 11.2. The second-order valence-electron chi connectivity index (χ2n) is 7.20. The Morgan fingerprint density at radius 3 is 2.50 bits per heavy atom. The van der Waals surface area contributed by atoms with E-state index in [-0.39, 0.29) is 0 Å². The summed E-state index contributed by atoms with van der Waals surface area (Å²) in [5, 5.41) is 6.93. The van der Waals surface area contributed by atoms with Gasteiger partial charge in [-0.3, -0.25) is 9.89 Å². The van der Waals surface area contributed by atoms with E-state index in [0.29, 0.717) is 12.0 Å². The first-order valence-corrected chi connectivity index (χ1v) is 9.53. The summed E-state index contributed by atoms with van der Waals surface area (Å²) in [5.41, 5.74) is 1.21. The molecule has 1 fully saturated rings. The van der Waals surface area contributed by atoms with E-state index in [4.69, 9.17) is 9.47 Å². The van der Waals surface area contributed by atoms with Crippen molar-refractivity contribution < 1.29 is 9.47 Å². The highest BCUT2D eigenvalue weighted by molar-refractivity contribution is 5.80. The molecule has 2 rings (SSSR count). The first kappa shape index (κ1) is 20.4. The molecule has 1 aromatic rings. The number of guanidine groups is 1. The summed E-state index contributed by atoms with van der Waals surface area (Å²) in [4.78, 5) is 7.13. The molecule has 1 unspecified atom stereocenters. The fourth-order valence-corrected chi connectivity index (χ4v) is 3.10. The molecule has 0 aliphatic carbocycles. The Bertz CT molecular complexity index is 567. The summed E-state index contributed by atoms with van der Waals surface area (Å²) in [6.07, 6.45) is 1.12. The molecule has 1 aliphatic heterocycles. The number of hydrogen-bond donors (Lipinski definition) is 2. The molecule has 2 N–H and O–H groups in total. The maximum absolute atomic E-state index is 5.37. The summed E-state index contributed by atoms with van der Waals surface area (Å²) >= 11 is 0. The van der Waals surface area contributed by atoms with Crippen molar-refractivity contribution in [3.63, 3.8) is 0 Å². The van der Waals surface area contributed by atoms with Crippen molar-refractivity contribution in [2.24, 2.45) is 10.9 Å². The van der Waals surface area contributed by atoms with Crippen LogP contribution in [0.4, 0.5) is 0 Å². The Morgan fingerprint density at radius 1 is 1.23 bits per heavy atom. The van der Waals surface area contributed by atoms with E-state index >= 15 is 0 Å². The fourth-order valence-electron chi connectivity index (χ4n) is 3.10. The number of aliphatic imine (C=N–C) groups is 1. The number of rotatable bonds is 8. The number of nitrogens with one attached hydrogen (secondary N) is 2. The van der Waals surface area contributed by atoms with E-state index in [9.17, 15) is 0 Å². The van der Waals surface area contributed by atoms with Gasteiger partial charge < -0.3 is 20.1 Å². The lowest BCUT2D eigenvalue weighted by Gasteiger charge is -2.19. The molecule has 1 atom stereocenters. The molecular formula is C20H34N4O2. The lowest BCUT2D eigenvalue weighted by Crippen LogP contribution is -2.44. The molecule has 0 spiro atoms. The Labute approximate surface area is 158 Å². The first-order valence-electron chi connectivity index (χ1n) is 9.53. The molecule has 6 heteroatoms. The Kier molecular flexibility index (Phi) is 8.04. The molecule has 0 radical (unpaired) electrons. The number of ether oxygens (including phenoxy) is 2. The van der Waals surface area contributed by atoms with Crippen LogP contribution in [0.3, 0.4) is 0 Å². The largest absolute Gasteiger partial charge is 0.497 e. The third kappa shape index (κ3) is 6.41. The number of methoxy groups -OCH3 is 2. The molecule has 26 heavy (non-hydrogen) atoms. The maximum Gasteiger partial charge on any atom is 0.191 e. The van der Waals surface area contributed by atoms with Crippen molar-refractivity contribution in [1.82, 2.24) is 15.5 Å². The van der Waals surface area contributed by atoms with Gasteiger partial charge in [-0.05, 0) is 37.0 Å². The van der Waals surface area contributed by atoms with Crippen LogP contribution in [0.2, 0.25) is 0 Å². The molecule has 0 saturated carbocycles. The standard InChI is InChI=1S/C20H34N4O2/c1-6-21-20(22-12-15(2)3)23-17-7-8-24(14-17)13-16-9-18(25-4)11-19(10-16)26-5/h9-11,15,17H,6-8,12-14H2,1-5H3,(H2,21,22,23). The van der Waals surface area contributed by atoms with Gasteiger partial charge in [0.05, 0.1) is 14.2 Å². The number of likely N-dealkylation sites (tertiary alicyclic amines) is 1. The van der Waals surface area contributed by atoms with E-state index in [0.717, 1.165) is 56.6 Å². The predicted octanol–water partition coefficient (Wildman–Crippen LogP) is 2.49. The van der Waals surface area contributed by atoms with Gasteiger partial charge in [0.2, 0.25) is 0 Å². The average molecular weight is 363 g/mol. The fraction of sp³-hybridized carbons (Fsp3) is 0.650. The van der Waals surface area contributed by atoms with Gasteiger partial charge in [0.25, 0.3) is 0 Å². The highest BCUT2D eigenvalue weighted by Crippen LogP contribution is 2.24. The van der Waals surface area contributed by atoms with E-state index in [2.05, 4.69) is 53.4 Å². The monoisotopic (exact) mass is 362 g/mol. The summed E-state index contributed by atoms with van der Waals surface area (Å²) in [6, 6.07) is 6.49. The summed E-state index contributed by atoms with van der Waals surface area (Å²) in [7, 11) is 3.38. The van der Waals surface area contributed by atoms with Gasteiger partial charge in [-0.25, -0.2) is 0 Å². The van der Waals surface area contributed by atoms with Crippen molar-refractivity contribution in [2.75, 3.05) is 40.4 Å². The zero-order chi connectivity index (χ0) is 18.9. The van der Waals surface area contributed by atoms with E-state index < -0.39 is 0 Å². The molecule has 1 aromatic carbocycles. The van der Waals surface area contributed by atoms with Gasteiger partial charge in [-0.1, -0.05) is 13.8 Å². The predicted molar refractivity (Wildman–Crippen MR) is 107 cm³/mol. The van der Waals surface area contributed by atoms with E-state index in [1.165, 1.54) is 5.56 Å². The second kappa shape index (κ2) is 10.3. The molecule has 0 amide bonds. The van der Waals surface area contributed by atoms with Crippen LogP contribution in [-0.2, 0) is 6.54 Å². The zero-order valence-corrected chi connectivity index (χ0v) is 16.8. The normalized spacial score (nSPS) is 18.2. The minimum absolute atomic E-state index is 0.424. The Morgan fingerprint density at radius 2 is 1.92 bits per heavy atom. The lowest BCUT2D eigenvalue weighted by atomic mass is 10.2. The first-order chi connectivity index (χ1) is 12.5. The van der Waals surface area contributed by atoms with Crippen LogP contribution in [0.5, 0.6) is 11.5 Å². The SMILES string of the molecule is CCNC(=NCC(C)C)NC1CCN(Cc2cc(OC)cc(OC)c2)C1. The van der Waals surface area contributed by atoms with Crippen molar-refractivity contribution in [2.45, 2.75) is 39.8 Å². The van der Waals surface area contributed by atoms with Gasteiger partial charge in [0, 0.05) is 44.8 Å². The molecule has 146 valence electrons. The maximum atomic E-state index is 5.37. The van der Waals surface area contributed by atoms with E-state index in [1.807, 2.05) is 6.07 Å². The molecular weight excluding hydrogens is 328 g/mol. The molecule has 6 nitrogen and oxygen atoms in total. The molecule has 0 bridgehead atoms. The Hall–Kier alpha value is -1.95. The number of benzene rings is 1. The molecule has 1 heterocycles. The average Bonchev–Trinajstić information content (AvgIpc) is 3.06. The van der Waals surface area contributed by atoms with Crippen LogP contribution >= 0.6 is 0 Å². The number of hydrogen-bond acceptors (Lipinski definition) is 4. The summed E-state index contributed by atoms with van der Waals surface area (Å²) in [5.74, 6) is 3.16. The minimum atomic E-state index is 0.424. The topological polar surface area (TPSA) is 58.1 Å².